The number of hydrogen-bond donors (Lipinski definition) is 0. The van der Waals surface area contributed by atoms with Crippen LogP contribution in [0.3, 0.4) is 0 Å². The Balaban J connectivity index is 1.15. The number of nitrogens with zero attached hydrogens (tertiary/aromatic N) is 2. The standard InChI is InChI=1S/C54H38N2/c1-4-16-39(17-5-1)41-28-33-45(34-29-41)55(46-35-30-42(31-36-46)40-18-6-2-7-19-40)52-26-14-12-22-47(52)43-32-37-54-51(38-43)49-24-11-10-23-48(49)50-25-13-15-27-53(50)56(54)44-20-8-3-9-21-44/h1-38H. The Labute approximate surface area is 328 Å². The summed E-state index contributed by atoms with van der Waals surface area (Å²) in [7, 11) is 0. The molecule has 0 atom stereocenters. The van der Waals surface area contributed by atoms with E-state index in [1.165, 1.54) is 50.2 Å². The predicted molar refractivity (Wildman–Crippen MR) is 237 cm³/mol. The lowest BCUT2D eigenvalue weighted by atomic mass is 9.92. The zero-order chi connectivity index (χ0) is 37.3. The van der Waals surface area contributed by atoms with Crippen LogP contribution in [0, 0.1) is 0 Å². The highest BCUT2D eigenvalue weighted by molar-refractivity contribution is 6.04. The number of hydrogen-bond acceptors (Lipinski definition) is 2. The van der Waals surface area contributed by atoms with Crippen molar-refractivity contribution in [1.29, 1.82) is 0 Å². The van der Waals surface area contributed by atoms with E-state index in [-0.39, 0.29) is 0 Å². The van der Waals surface area contributed by atoms with Crippen molar-refractivity contribution in [2.45, 2.75) is 0 Å². The Morgan fingerprint density at radius 3 is 1.27 bits per heavy atom. The molecule has 2 heteroatoms. The van der Waals surface area contributed by atoms with E-state index in [2.05, 4.69) is 240 Å². The molecule has 10 rings (SSSR count). The van der Waals surface area contributed by atoms with E-state index in [0.717, 1.165) is 39.6 Å². The molecule has 0 radical (unpaired) electrons. The molecule has 0 spiro atoms. The van der Waals surface area contributed by atoms with Gasteiger partial charge in [0.2, 0.25) is 0 Å². The molecule has 56 heavy (non-hydrogen) atoms. The van der Waals surface area contributed by atoms with Gasteiger partial charge in [-0.2, -0.15) is 0 Å². The number of rotatable bonds is 7. The van der Waals surface area contributed by atoms with Gasteiger partial charge < -0.3 is 9.80 Å². The molecule has 2 nitrogen and oxygen atoms in total. The zero-order valence-electron chi connectivity index (χ0n) is 30.8. The van der Waals surface area contributed by atoms with E-state index >= 15 is 0 Å². The molecule has 0 fully saturated rings. The maximum Gasteiger partial charge on any atom is 0.0540 e. The highest BCUT2D eigenvalue weighted by Crippen LogP contribution is 2.52. The van der Waals surface area contributed by atoms with E-state index in [0.29, 0.717) is 0 Å². The van der Waals surface area contributed by atoms with Gasteiger partial charge in [-0.15, -0.1) is 0 Å². The predicted octanol–water partition coefficient (Wildman–Crippen LogP) is 15.3. The van der Waals surface area contributed by atoms with Gasteiger partial charge in [-0.3, -0.25) is 0 Å². The molecular weight excluding hydrogens is 677 g/mol. The molecule has 1 aliphatic rings. The lowest BCUT2D eigenvalue weighted by Gasteiger charge is -2.29. The molecule has 0 aromatic heterocycles. The molecule has 0 unspecified atom stereocenters. The third kappa shape index (κ3) is 6.04. The molecule has 9 aromatic rings. The van der Waals surface area contributed by atoms with Gasteiger partial charge in [0.05, 0.1) is 17.1 Å². The quantitative estimate of drug-likeness (QED) is 0.162. The topological polar surface area (TPSA) is 6.48 Å². The van der Waals surface area contributed by atoms with Crippen molar-refractivity contribution in [1.82, 2.24) is 0 Å². The highest BCUT2D eigenvalue weighted by atomic mass is 15.2. The largest absolute Gasteiger partial charge is 0.310 e. The van der Waals surface area contributed by atoms with Crippen LogP contribution in [0.2, 0.25) is 0 Å². The van der Waals surface area contributed by atoms with Crippen LogP contribution < -0.4 is 9.80 Å². The first-order valence-electron chi connectivity index (χ1n) is 19.2. The third-order valence-corrected chi connectivity index (χ3v) is 10.8. The van der Waals surface area contributed by atoms with Gasteiger partial charge in [-0.25, -0.2) is 0 Å². The van der Waals surface area contributed by atoms with Gasteiger partial charge in [0, 0.05) is 33.8 Å². The van der Waals surface area contributed by atoms with Crippen molar-refractivity contribution in [3.8, 4) is 55.6 Å². The van der Waals surface area contributed by atoms with E-state index in [1.54, 1.807) is 0 Å². The highest BCUT2D eigenvalue weighted by Gasteiger charge is 2.27. The summed E-state index contributed by atoms with van der Waals surface area (Å²) in [4.78, 5) is 4.81. The summed E-state index contributed by atoms with van der Waals surface area (Å²) >= 11 is 0. The van der Waals surface area contributed by atoms with E-state index in [9.17, 15) is 0 Å². The normalized spacial score (nSPS) is 11.5. The molecule has 0 aliphatic carbocycles. The fourth-order valence-corrected chi connectivity index (χ4v) is 8.16. The lowest BCUT2D eigenvalue weighted by Crippen LogP contribution is -2.12. The zero-order valence-corrected chi connectivity index (χ0v) is 30.8. The van der Waals surface area contributed by atoms with Crippen LogP contribution in [0.25, 0.3) is 55.6 Å². The van der Waals surface area contributed by atoms with Crippen molar-refractivity contribution in [2.24, 2.45) is 0 Å². The molecule has 0 bridgehead atoms. The maximum absolute atomic E-state index is 2.41. The molecule has 0 saturated carbocycles. The Morgan fingerprint density at radius 1 is 0.268 bits per heavy atom. The molecular formula is C54H38N2. The summed E-state index contributed by atoms with van der Waals surface area (Å²) in [5.41, 5.74) is 18.7. The number of benzene rings is 9. The Morgan fingerprint density at radius 2 is 0.679 bits per heavy atom. The maximum atomic E-state index is 2.41. The second-order valence-corrected chi connectivity index (χ2v) is 14.1. The SMILES string of the molecule is c1ccc(-c2ccc(N(c3ccc(-c4ccccc4)cc3)c3ccccc3-c3ccc4c(c3)-c3ccccc3-c3ccccc3N4c3ccccc3)cc2)cc1. The van der Waals surface area contributed by atoms with Gasteiger partial charge >= 0.3 is 0 Å². The molecule has 0 N–H and O–H groups in total. The first kappa shape index (κ1) is 33.2. The first-order valence-corrected chi connectivity index (χ1v) is 19.2. The van der Waals surface area contributed by atoms with Crippen molar-refractivity contribution >= 4 is 34.1 Å². The summed E-state index contributed by atoms with van der Waals surface area (Å²) in [6, 6.07) is 83.2. The van der Waals surface area contributed by atoms with Crippen LogP contribution in [0.15, 0.2) is 231 Å². The third-order valence-electron chi connectivity index (χ3n) is 10.8. The lowest BCUT2D eigenvalue weighted by molar-refractivity contribution is 1.28. The summed E-state index contributed by atoms with van der Waals surface area (Å²) < 4.78 is 0. The first-order chi connectivity index (χ1) is 27.8. The molecule has 1 aliphatic heterocycles. The number of anilines is 6. The van der Waals surface area contributed by atoms with Crippen LogP contribution >= 0.6 is 0 Å². The summed E-state index contributed by atoms with van der Waals surface area (Å²) in [6.07, 6.45) is 0. The monoisotopic (exact) mass is 714 g/mol. The van der Waals surface area contributed by atoms with Crippen LogP contribution in [0.4, 0.5) is 34.1 Å². The van der Waals surface area contributed by atoms with Crippen LogP contribution in [-0.4, -0.2) is 0 Å². The molecule has 9 aromatic carbocycles. The summed E-state index contributed by atoms with van der Waals surface area (Å²) in [5.74, 6) is 0. The van der Waals surface area contributed by atoms with Crippen LogP contribution in [0.5, 0.6) is 0 Å². The van der Waals surface area contributed by atoms with Gasteiger partial charge in [0.1, 0.15) is 0 Å². The minimum Gasteiger partial charge on any atom is -0.310 e. The van der Waals surface area contributed by atoms with Crippen molar-refractivity contribution in [2.75, 3.05) is 9.80 Å². The summed E-state index contributed by atoms with van der Waals surface area (Å²) in [5, 5.41) is 0. The van der Waals surface area contributed by atoms with Crippen LogP contribution in [-0.2, 0) is 0 Å². The average molecular weight is 715 g/mol. The van der Waals surface area contributed by atoms with Crippen LogP contribution in [0.1, 0.15) is 0 Å². The summed E-state index contributed by atoms with van der Waals surface area (Å²) in [6.45, 7) is 0. The van der Waals surface area contributed by atoms with Gasteiger partial charge in [0.15, 0.2) is 0 Å². The average Bonchev–Trinajstić information content (AvgIpc) is 3.40. The second kappa shape index (κ2) is 14.4. The minimum atomic E-state index is 1.09. The van der Waals surface area contributed by atoms with Crippen molar-refractivity contribution in [3.05, 3.63) is 231 Å². The Kier molecular flexibility index (Phi) is 8.55. The molecule has 1 heterocycles. The number of para-hydroxylation sites is 3. The fourth-order valence-electron chi connectivity index (χ4n) is 8.16. The van der Waals surface area contributed by atoms with E-state index < -0.39 is 0 Å². The van der Waals surface area contributed by atoms with Crippen molar-refractivity contribution < 1.29 is 0 Å². The molecule has 264 valence electrons. The van der Waals surface area contributed by atoms with Gasteiger partial charge in [-0.1, -0.05) is 170 Å². The molecule has 0 saturated heterocycles. The second-order valence-electron chi connectivity index (χ2n) is 14.1. The fraction of sp³-hybridized carbons (Fsp3) is 0. The molecule has 0 amide bonds. The van der Waals surface area contributed by atoms with Crippen molar-refractivity contribution in [3.63, 3.8) is 0 Å². The Hall–Kier alpha value is -7.42. The van der Waals surface area contributed by atoms with E-state index in [1.807, 2.05) is 0 Å². The van der Waals surface area contributed by atoms with Gasteiger partial charge in [-0.05, 0) is 99.6 Å². The Bertz CT molecular complexity index is 2690. The smallest absolute Gasteiger partial charge is 0.0540 e. The number of fused-ring (bicyclic) bond motifs is 5. The minimum absolute atomic E-state index is 1.09. The van der Waals surface area contributed by atoms with Gasteiger partial charge in [0.25, 0.3) is 0 Å². The van der Waals surface area contributed by atoms with E-state index in [4.69, 9.17) is 0 Å².